The van der Waals surface area contributed by atoms with E-state index in [1.165, 1.54) is 39.2 Å². The molecule has 2 aliphatic rings. The van der Waals surface area contributed by atoms with Crippen LogP contribution < -0.4 is 0 Å². The van der Waals surface area contributed by atoms with Gasteiger partial charge in [-0.3, -0.25) is 4.79 Å². The van der Waals surface area contributed by atoms with E-state index < -0.39 is 0 Å². The van der Waals surface area contributed by atoms with Gasteiger partial charge in [0.2, 0.25) is 0 Å². The van der Waals surface area contributed by atoms with Crippen LogP contribution in [0.5, 0.6) is 0 Å². The van der Waals surface area contributed by atoms with Crippen LogP contribution in [0.15, 0.2) is 0 Å². The Morgan fingerprint density at radius 3 is 2.28 bits per heavy atom. The molecule has 0 N–H and O–H groups in total. The van der Waals surface area contributed by atoms with Crippen LogP contribution in [0.3, 0.4) is 0 Å². The van der Waals surface area contributed by atoms with E-state index in [-0.39, 0.29) is 11.9 Å². The average molecular weight is 254 g/mol. The monoisotopic (exact) mass is 254 g/mol. The highest BCUT2D eigenvalue weighted by Gasteiger charge is 2.27. The van der Waals surface area contributed by atoms with Crippen molar-refractivity contribution < 1.29 is 14.3 Å². The standard InChI is InChI=1S/C15H26O3/c1-17-15(16)13-7-9-14(10-8-13)18-11-12-5-3-2-4-6-12/h12-14H,2-11H2,1H3. The molecule has 0 aromatic heterocycles. The second-order valence-corrected chi connectivity index (χ2v) is 5.83. The third-order valence-corrected chi connectivity index (χ3v) is 4.50. The summed E-state index contributed by atoms with van der Waals surface area (Å²) in [6, 6.07) is 0. The Morgan fingerprint density at radius 1 is 1.00 bits per heavy atom. The molecule has 2 aliphatic carbocycles. The van der Waals surface area contributed by atoms with E-state index in [1.807, 2.05) is 0 Å². The van der Waals surface area contributed by atoms with Crippen LogP contribution in [0.25, 0.3) is 0 Å². The van der Waals surface area contributed by atoms with Crippen LogP contribution in [0.2, 0.25) is 0 Å². The van der Waals surface area contributed by atoms with Crippen molar-refractivity contribution >= 4 is 5.97 Å². The highest BCUT2D eigenvalue weighted by Crippen LogP contribution is 2.29. The van der Waals surface area contributed by atoms with Gasteiger partial charge < -0.3 is 9.47 Å². The number of carbonyl (C=O) groups is 1. The topological polar surface area (TPSA) is 35.5 Å². The minimum atomic E-state index is -0.0410. The lowest BCUT2D eigenvalue weighted by atomic mass is 9.87. The maximum absolute atomic E-state index is 11.4. The molecular formula is C15H26O3. The molecule has 0 aromatic rings. The van der Waals surface area contributed by atoms with Gasteiger partial charge in [-0.05, 0) is 44.4 Å². The summed E-state index contributed by atoms with van der Waals surface area (Å²) in [5, 5.41) is 0. The molecule has 0 aliphatic heterocycles. The molecule has 0 radical (unpaired) electrons. The van der Waals surface area contributed by atoms with Crippen molar-refractivity contribution in [1.29, 1.82) is 0 Å². The van der Waals surface area contributed by atoms with Crippen LogP contribution in [-0.4, -0.2) is 25.8 Å². The van der Waals surface area contributed by atoms with Gasteiger partial charge in [-0.25, -0.2) is 0 Å². The average Bonchev–Trinajstić information content (AvgIpc) is 2.46. The molecule has 0 unspecified atom stereocenters. The van der Waals surface area contributed by atoms with Gasteiger partial charge >= 0.3 is 5.97 Å². The van der Waals surface area contributed by atoms with Gasteiger partial charge in [0.1, 0.15) is 0 Å². The Labute approximate surface area is 110 Å². The van der Waals surface area contributed by atoms with E-state index >= 15 is 0 Å². The number of hydrogen-bond acceptors (Lipinski definition) is 3. The molecule has 104 valence electrons. The highest BCUT2D eigenvalue weighted by molar-refractivity contribution is 5.72. The van der Waals surface area contributed by atoms with Gasteiger partial charge in [0.05, 0.1) is 19.1 Å². The number of methoxy groups -OCH3 is 1. The first-order chi connectivity index (χ1) is 8.79. The van der Waals surface area contributed by atoms with E-state index in [1.54, 1.807) is 0 Å². The maximum Gasteiger partial charge on any atom is 0.308 e. The Morgan fingerprint density at radius 2 is 1.67 bits per heavy atom. The highest BCUT2D eigenvalue weighted by atomic mass is 16.5. The minimum Gasteiger partial charge on any atom is -0.469 e. The fourth-order valence-corrected chi connectivity index (χ4v) is 3.26. The maximum atomic E-state index is 11.4. The second-order valence-electron chi connectivity index (χ2n) is 5.83. The molecule has 0 atom stereocenters. The predicted octanol–water partition coefficient (Wildman–Crippen LogP) is 3.32. The van der Waals surface area contributed by atoms with Crippen LogP contribution in [0.1, 0.15) is 57.8 Å². The fourth-order valence-electron chi connectivity index (χ4n) is 3.26. The van der Waals surface area contributed by atoms with Gasteiger partial charge in [-0.2, -0.15) is 0 Å². The van der Waals surface area contributed by atoms with E-state index in [0.717, 1.165) is 38.2 Å². The van der Waals surface area contributed by atoms with Gasteiger partial charge in [-0.15, -0.1) is 0 Å². The van der Waals surface area contributed by atoms with E-state index in [4.69, 9.17) is 9.47 Å². The third-order valence-electron chi connectivity index (χ3n) is 4.50. The van der Waals surface area contributed by atoms with Crippen LogP contribution in [0.4, 0.5) is 0 Å². The number of rotatable bonds is 4. The predicted molar refractivity (Wildman–Crippen MR) is 70.3 cm³/mol. The van der Waals surface area contributed by atoms with Crippen molar-refractivity contribution in [1.82, 2.24) is 0 Å². The van der Waals surface area contributed by atoms with Crippen molar-refractivity contribution in [3.8, 4) is 0 Å². The van der Waals surface area contributed by atoms with Crippen LogP contribution in [-0.2, 0) is 14.3 Å². The van der Waals surface area contributed by atoms with Gasteiger partial charge in [0.25, 0.3) is 0 Å². The molecule has 0 amide bonds. The number of esters is 1. The molecule has 3 nitrogen and oxygen atoms in total. The van der Waals surface area contributed by atoms with Gasteiger partial charge in [0.15, 0.2) is 0 Å². The van der Waals surface area contributed by atoms with Crippen molar-refractivity contribution in [2.45, 2.75) is 63.9 Å². The summed E-state index contributed by atoms with van der Waals surface area (Å²) in [5.41, 5.74) is 0. The Balaban J connectivity index is 1.62. The Kier molecular flexibility index (Phi) is 5.48. The molecule has 0 spiro atoms. The minimum absolute atomic E-state index is 0.0410. The van der Waals surface area contributed by atoms with Crippen molar-refractivity contribution in [2.75, 3.05) is 13.7 Å². The summed E-state index contributed by atoms with van der Waals surface area (Å²) in [5.74, 6) is 0.863. The SMILES string of the molecule is COC(=O)C1CCC(OCC2CCCCC2)CC1. The quantitative estimate of drug-likeness (QED) is 0.722. The van der Waals surface area contributed by atoms with Crippen molar-refractivity contribution in [2.24, 2.45) is 11.8 Å². The summed E-state index contributed by atoms with van der Waals surface area (Å²) in [6.07, 6.45) is 11.1. The molecule has 3 heteroatoms. The summed E-state index contributed by atoms with van der Waals surface area (Å²) >= 11 is 0. The lowest BCUT2D eigenvalue weighted by molar-refractivity contribution is -0.147. The first-order valence-corrected chi connectivity index (χ1v) is 7.49. The van der Waals surface area contributed by atoms with E-state index in [2.05, 4.69) is 0 Å². The van der Waals surface area contributed by atoms with Crippen LogP contribution >= 0.6 is 0 Å². The molecule has 0 heterocycles. The van der Waals surface area contributed by atoms with Gasteiger partial charge in [-0.1, -0.05) is 19.3 Å². The normalized spacial score (nSPS) is 30.1. The second kappa shape index (κ2) is 7.13. The molecular weight excluding hydrogens is 228 g/mol. The van der Waals surface area contributed by atoms with Gasteiger partial charge in [0, 0.05) is 6.61 Å². The molecule has 0 saturated heterocycles. The lowest BCUT2D eigenvalue weighted by Crippen LogP contribution is -2.28. The summed E-state index contributed by atoms with van der Waals surface area (Å²) < 4.78 is 10.8. The number of carbonyl (C=O) groups excluding carboxylic acids is 1. The first-order valence-electron chi connectivity index (χ1n) is 7.49. The summed E-state index contributed by atoms with van der Waals surface area (Å²) in [7, 11) is 1.48. The molecule has 2 fully saturated rings. The van der Waals surface area contributed by atoms with E-state index in [0.29, 0.717) is 6.10 Å². The molecule has 2 saturated carbocycles. The Hall–Kier alpha value is -0.570. The largest absolute Gasteiger partial charge is 0.469 e. The molecule has 18 heavy (non-hydrogen) atoms. The number of hydrogen-bond donors (Lipinski definition) is 0. The Bertz CT molecular complexity index is 250. The number of ether oxygens (including phenoxy) is 2. The molecule has 0 aromatic carbocycles. The smallest absolute Gasteiger partial charge is 0.308 e. The zero-order valence-corrected chi connectivity index (χ0v) is 11.5. The molecule has 0 bridgehead atoms. The lowest BCUT2D eigenvalue weighted by Gasteiger charge is -2.29. The third kappa shape index (κ3) is 3.98. The van der Waals surface area contributed by atoms with Crippen molar-refractivity contribution in [3.63, 3.8) is 0 Å². The first kappa shape index (κ1) is 13.9. The zero-order chi connectivity index (χ0) is 12.8. The fraction of sp³-hybridized carbons (Fsp3) is 0.933. The van der Waals surface area contributed by atoms with E-state index in [9.17, 15) is 4.79 Å². The van der Waals surface area contributed by atoms with Crippen molar-refractivity contribution in [3.05, 3.63) is 0 Å². The molecule has 2 rings (SSSR count). The van der Waals surface area contributed by atoms with Crippen LogP contribution in [0, 0.1) is 11.8 Å². The summed E-state index contributed by atoms with van der Waals surface area (Å²) in [4.78, 5) is 11.4. The zero-order valence-electron chi connectivity index (χ0n) is 11.5. The summed E-state index contributed by atoms with van der Waals surface area (Å²) in [6.45, 7) is 0.938.